The van der Waals surface area contributed by atoms with Gasteiger partial charge in [-0.25, -0.2) is 8.78 Å². The van der Waals surface area contributed by atoms with E-state index in [1.165, 1.54) is 12.1 Å². The van der Waals surface area contributed by atoms with Gasteiger partial charge >= 0.3 is 0 Å². The standard InChI is InChI=1S/C14H19F2N3/c1-10(2)19(3)8-4-7-18-12-6-5-11(9-17)13(15)14(12)16/h5-6,10,18H,4,7-8H2,1-3H3. The highest BCUT2D eigenvalue weighted by Gasteiger charge is 2.12. The lowest BCUT2D eigenvalue weighted by Gasteiger charge is -2.20. The van der Waals surface area contributed by atoms with Gasteiger partial charge in [-0.2, -0.15) is 5.26 Å². The van der Waals surface area contributed by atoms with Gasteiger partial charge in [0, 0.05) is 12.6 Å². The molecular weight excluding hydrogens is 248 g/mol. The van der Waals surface area contributed by atoms with Crippen molar-refractivity contribution in [2.45, 2.75) is 26.3 Å². The molecule has 0 aromatic heterocycles. The van der Waals surface area contributed by atoms with Gasteiger partial charge in [-0.15, -0.1) is 0 Å². The molecule has 1 aromatic rings. The largest absolute Gasteiger partial charge is 0.383 e. The smallest absolute Gasteiger partial charge is 0.183 e. The van der Waals surface area contributed by atoms with Crippen molar-refractivity contribution in [3.05, 3.63) is 29.3 Å². The molecule has 0 aliphatic rings. The molecule has 0 spiro atoms. The molecule has 0 heterocycles. The molecule has 1 N–H and O–H groups in total. The van der Waals surface area contributed by atoms with Gasteiger partial charge < -0.3 is 10.2 Å². The average molecular weight is 267 g/mol. The zero-order valence-electron chi connectivity index (χ0n) is 11.5. The van der Waals surface area contributed by atoms with Gasteiger partial charge in [0.05, 0.1) is 11.3 Å². The van der Waals surface area contributed by atoms with E-state index in [1.807, 2.05) is 7.05 Å². The molecule has 0 radical (unpaired) electrons. The van der Waals surface area contributed by atoms with Gasteiger partial charge in [-0.1, -0.05) is 0 Å². The highest BCUT2D eigenvalue weighted by molar-refractivity contribution is 5.49. The first-order chi connectivity index (χ1) is 8.97. The minimum absolute atomic E-state index is 0.101. The molecule has 104 valence electrons. The zero-order chi connectivity index (χ0) is 14.4. The first kappa shape index (κ1) is 15.4. The molecule has 1 aromatic carbocycles. The van der Waals surface area contributed by atoms with E-state index in [0.29, 0.717) is 12.6 Å². The Morgan fingerprint density at radius 3 is 2.58 bits per heavy atom. The van der Waals surface area contributed by atoms with Crippen LogP contribution in [0.2, 0.25) is 0 Å². The second-order valence-corrected chi connectivity index (χ2v) is 4.76. The molecule has 0 atom stereocenters. The quantitative estimate of drug-likeness (QED) is 0.805. The molecule has 0 aliphatic heterocycles. The van der Waals surface area contributed by atoms with Crippen molar-refractivity contribution in [3.8, 4) is 6.07 Å². The van der Waals surface area contributed by atoms with Crippen LogP contribution in [0.15, 0.2) is 12.1 Å². The monoisotopic (exact) mass is 267 g/mol. The third kappa shape index (κ3) is 4.18. The van der Waals surface area contributed by atoms with E-state index in [0.717, 1.165) is 13.0 Å². The molecule has 0 unspecified atom stereocenters. The highest BCUT2D eigenvalue weighted by Crippen LogP contribution is 2.20. The molecule has 0 saturated heterocycles. The second kappa shape index (κ2) is 7.05. The summed E-state index contributed by atoms with van der Waals surface area (Å²) in [6.45, 7) is 5.64. The molecule has 0 amide bonds. The van der Waals surface area contributed by atoms with E-state index in [2.05, 4.69) is 24.1 Å². The Labute approximate surface area is 112 Å². The SMILES string of the molecule is CC(C)N(C)CCCNc1ccc(C#N)c(F)c1F. The van der Waals surface area contributed by atoms with Crippen LogP contribution in [-0.2, 0) is 0 Å². The number of benzene rings is 1. The Morgan fingerprint density at radius 1 is 1.32 bits per heavy atom. The Bertz CT molecular complexity index is 466. The summed E-state index contributed by atoms with van der Waals surface area (Å²) in [5.74, 6) is -2.08. The van der Waals surface area contributed by atoms with E-state index in [9.17, 15) is 8.78 Å². The first-order valence-electron chi connectivity index (χ1n) is 6.29. The van der Waals surface area contributed by atoms with Crippen LogP contribution >= 0.6 is 0 Å². The van der Waals surface area contributed by atoms with Crippen molar-refractivity contribution >= 4 is 5.69 Å². The van der Waals surface area contributed by atoms with Crippen LogP contribution in [0.4, 0.5) is 14.5 Å². The van der Waals surface area contributed by atoms with Crippen LogP contribution in [-0.4, -0.2) is 31.1 Å². The number of hydrogen-bond acceptors (Lipinski definition) is 3. The van der Waals surface area contributed by atoms with Gasteiger partial charge in [0.25, 0.3) is 0 Å². The summed E-state index contributed by atoms with van der Waals surface area (Å²) >= 11 is 0. The van der Waals surface area contributed by atoms with Gasteiger partial charge in [-0.3, -0.25) is 0 Å². The highest BCUT2D eigenvalue weighted by atomic mass is 19.2. The summed E-state index contributed by atoms with van der Waals surface area (Å²) in [6.07, 6.45) is 0.829. The second-order valence-electron chi connectivity index (χ2n) is 4.76. The number of nitrogens with one attached hydrogen (secondary N) is 1. The number of hydrogen-bond donors (Lipinski definition) is 1. The number of halogens is 2. The molecule has 0 aliphatic carbocycles. The summed E-state index contributed by atoms with van der Waals surface area (Å²) in [6, 6.07) is 4.74. The van der Waals surface area contributed by atoms with Crippen molar-refractivity contribution in [3.63, 3.8) is 0 Å². The van der Waals surface area contributed by atoms with E-state index in [1.54, 1.807) is 6.07 Å². The summed E-state index contributed by atoms with van der Waals surface area (Å²) in [7, 11) is 2.02. The van der Waals surface area contributed by atoms with Gasteiger partial charge in [0.2, 0.25) is 0 Å². The normalized spacial score (nSPS) is 10.8. The third-order valence-electron chi connectivity index (χ3n) is 3.09. The molecule has 0 fully saturated rings. The lowest BCUT2D eigenvalue weighted by Crippen LogP contribution is -2.28. The van der Waals surface area contributed by atoms with Crippen LogP contribution in [0.1, 0.15) is 25.8 Å². The molecule has 0 bridgehead atoms. The fourth-order valence-corrected chi connectivity index (χ4v) is 1.58. The number of nitrogens with zero attached hydrogens (tertiary/aromatic N) is 2. The topological polar surface area (TPSA) is 39.1 Å². The van der Waals surface area contributed by atoms with E-state index in [-0.39, 0.29) is 11.3 Å². The summed E-state index contributed by atoms with van der Waals surface area (Å²) in [5.41, 5.74) is -0.175. The zero-order valence-corrected chi connectivity index (χ0v) is 11.5. The van der Waals surface area contributed by atoms with Crippen LogP contribution in [0.5, 0.6) is 0 Å². The lowest BCUT2D eigenvalue weighted by molar-refractivity contribution is 0.273. The van der Waals surface area contributed by atoms with Crippen molar-refractivity contribution in [2.24, 2.45) is 0 Å². The van der Waals surface area contributed by atoms with Crippen LogP contribution in [0.3, 0.4) is 0 Å². The number of rotatable bonds is 6. The van der Waals surface area contributed by atoms with Crippen molar-refractivity contribution in [2.75, 3.05) is 25.5 Å². The molecule has 0 saturated carbocycles. The molecule has 19 heavy (non-hydrogen) atoms. The fraction of sp³-hybridized carbons (Fsp3) is 0.500. The minimum atomic E-state index is -1.09. The Kier molecular flexibility index (Phi) is 5.71. The maximum absolute atomic E-state index is 13.6. The minimum Gasteiger partial charge on any atom is -0.383 e. The van der Waals surface area contributed by atoms with E-state index in [4.69, 9.17) is 5.26 Å². The number of anilines is 1. The Balaban J connectivity index is 2.51. The maximum atomic E-state index is 13.6. The van der Waals surface area contributed by atoms with Gasteiger partial charge in [0.15, 0.2) is 11.6 Å². The maximum Gasteiger partial charge on any atom is 0.183 e. The van der Waals surface area contributed by atoms with Gasteiger partial charge in [0.1, 0.15) is 6.07 Å². The lowest BCUT2D eigenvalue weighted by atomic mass is 10.2. The fourth-order valence-electron chi connectivity index (χ4n) is 1.58. The number of nitriles is 1. The summed E-state index contributed by atoms with van der Waals surface area (Å²) in [4.78, 5) is 2.18. The van der Waals surface area contributed by atoms with E-state index < -0.39 is 11.6 Å². The molecular formula is C14H19F2N3. The molecule has 3 nitrogen and oxygen atoms in total. The Morgan fingerprint density at radius 2 is 2.00 bits per heavy atom. The summed E-state index contributed by atoms with van der Waals surface area (Å²) in [5, 5.41) is 11.4. The average Bonchev–Trinajstić information content (AvgIpc) is 2.39. The van der Waals surface area contributed by atoms with Crippen LogP contribution in [0.25, 0.3) is 0 Å². The van der Waals surface area contributed by atoms with Gasteiger partial charge in [-0.05, 0) is 46.0 Å². The first-order valence-corrected chi connectivity index (χ1v) is 6.29. The summed E-state index contributed by atoms with van der Waals surface area (Å²) < 4.78 is 26.9. The predicted molar refractivity (Wildman–Crippen MR) is 71.9 cm³/mol. The van der Waals surface area contributed by atoms with E-state index >= 15 is 0 Å². The van der Waals surface area contributed by atoms with Crippen molar-refractivity contribution in [1.29, 1.82) is 5.26 Å². The molecule has 1 rings (SSSR count). The van der Waals surface area contributed by atoms with Crippen molar-refractivity contribution < 1.29 is 8.78 Å². The third-order valence-corrected chi connectivity index (χ3v) is 3.09. The predicted octanol–water partition coefficient (Wildman–Crippen LogP) is 2.98. The van der Waals surface area contributed by atoms with Crippen molar-refractivity contribution in [1.82, 2.24) is 4.90 Å². The Hall–Kier alpha value is -1.67. The molecule has 5 heteroatoms. The van der Waals surface area contributed by atoms with Crippen LogP contribution < -0.4 is 5.32 Å². The van der Waals surface area contributed by atoms with Crippen LogP contribution in [0, 0.1) is 23.0 Å².